The highest BCUT2D eigenvalue weighted by Gasteiger charge is 2.19. The van der Waals surface area contributed by atoms with Gasteiger partial charge in [-0.05, 0) is 55.2 Å². The summed E-state index contributed by atoms with van der Waals surface area (Å²) in [6.45, 7) is 0. The lowest BCUT2D eigenvalue weighted by atomic mass is 10.0. The molecular formula is C19H23N5O4S2. The minimum Gasteiger partial charge on any atom is -0.481 e. The quantitative estimate of drug-likeness (QED) is 0.552. The van der Waals surface area contributed by atoms with Crippen LogP contribution in [0.3, 0.4) is 0 Å². The van der Waals surface area contributed by atoms with Gasteiger partial charge >= 0.3 is 0 Å². The third kappa shape index (κ3) is 6.10. The number of ether oxygens (including phenoxy) is 1. The van der Waals surface area contributed by atoms with Crippen molar-refractivity contribution in [1.82, 2.24) is 15.3 Å². The van der Waals surface area contributed by atoms with Gasteiger partial charge in [0.1, 0.15) is 12.1 Å². The van der Waals surface area contributed by atoms with Crippen molar-refractivity contribution in [3.05, 3.63) is 36.7 Å². The average Bonchev–Trinajstić information content (AvgIpc) is 3.21. The number of rotatable bonds is 7. The van der Waals surface area contributed by atoms with Crippen LogP contribution in [0.2, 0.25) is 0 Å². The first-order chi connectivity index (χ1) is 14.4. The fourth-order valence-electron chi connectivity index (χ4n) is 3.24. The van der Waals surface area contributed by atoms with Gasteiger partial charge in [0.05, 0.1) is 12.0 Å². The molecule has 11 heteroatoms. The van der Waals surface area contributed by atoms with Gasteiger partial charge in [0.2, 0.25) is 11.8 Å². The zero-order valence-electron chi connectivity index (χ0n) is 16.4. The number of methoxy groups -OCH3 is 1. The Morgan fingerprint density at radius 3 is 2.57 bits per heavy atom. The topological polar surface area (TPSA) is 122 Å². The zero-order chi connectivity index (χ0) is 21.6. The molecular weight excluding hydrogens is 426 g/mol. The van der Waals surface area contributed by atoms with Gasteiger partial charge in [-0.1, -0.05) is 12.8 Å². The molecule has 0 bridgehead atoms. The van der Waals surface area contributed by atoms with Crippen LogP contribution in [0.1, 0.15) is 32.1 Å². The Hall–Kier alpha value is -2.79. The molecule has 30 heavy (non-hydrogen) atoms. The van der Waals surface area contributed by atoms with Crippen molar-refractivity contribution in [1.29, 1.82) is 0 Å². The number of nitrogens with zero attached hydrogens (tertiary/aromatic N) is 2. The van der Waals surface area contributed by atoms with Crippen molar-refractivity contribution < 1.29 is 17.9 Å². The molecule has 1 aliphatic carbocycles. The highest BCUT2D eigenvalue weighted by atomic mass is 32.2. The van der Waals surface area contributed by atoms with Gasteiger partial charge in [-0.3, -0.25) is 9.52 Å². The number of nitrogens with one attached hydrogen (secondary N) is 3. The number of hydrogen-bond acceptors (Lipinski definition) is 7. The fraction of sp³-hybridized carbons (Fsp3) is 0.368. The second-order valence-corrected chi connectivity index (χ2v) is 9.02. The largest absolute Gasteiger partial charge is 0.481 e. The number of amides is 1. The van der Waals surface area contributed by atoms with Crippen LogP contribution in [0.15, 0.2) is 41.6 Å². The Balaban J connectivity index is 1.56. The lowest BCUT2D eigenvalue weighted by molar-refractivity contribution is -0.120. The van der Waals surface area contributed by atoms with E-state index in [-0.39, 0.29) is 27.6 Å². The number of anilines is 2. The molecule has 9 nitrogen and oxygen atoms in total. The standard InChI is InChI=1S/C19H23N5O4S2/c1-28-18-11-16(20-12-21-18)24-30(26,27)15-8-6-14(7-9-15)22-19(29)23-17(25)10-13-4-2-3-5-13/h6-9,11-13H,2-5,10H2,1H3,(H,20,21,24)(H2,22,23,25,29). The van der Waals surface area contributed by atoms with Gasteiger partial charge in [-0.2, -0.15) is 0 Å². The van der Waals surface area contributed by atoms with Crippen molar-refractivity contribution in [2.45, 2.75) is 37.0 Å². The normalized spacial score (nSPS) is 14.2. The zero-order valence-corrected chi connectivity index (χ0v) is 18.1. The smallest absolute Gasteiger partial charge is 0.263 e. The maximum Gasteiger partial charge on any atom is 0.263 e. The first-order valence-electron chi connectivity index (χ1n) is 9.45. The molecule has 0 radical (unpaired) electrons. The molecule has 1 fully saturated rings. The molecule has 0 unspecified atom stereocenters. The summed E-state index contributed by atoms with van der Waals surface area (Å²) in [6, 6.07) is 7.34. The van der Waals surface area contributed by atoms with Crippen LogP contribution in [0.4, 0.5) is 11.5 Å². The number of thiocarbonyl (C=S) groups is 1. The van der Waals surface area contributed by atoms with Crippen LogP contribution in [-0.2, 0) is 14.8 Å². The second kappa shape index (κ2) is 9.81. The Morgan fingerprint density at radius 2 is 1.90 bits per heavy atom. The Labute approximate surface area is 180 Å². The van der Waals surface area contributed by atoms with Crippen LogP contribution >= 0.6 is 12.2 Å². The third-order valence-electron chi connectivity index (χ3n) is 4.71. The Morgan fingerprint density at radius 1 is 1.20 bits per heavy atom. The van der Waals surface area contributed by atoms with Crippen LogP contribution in [-0.4, -0.2) is 36.5 Å². The van der Waals surface area contributed by atoms with E-state index in [0.717, 1.165) is 12.8 Å². The predicted octanol–water partition coefficient (Wildman–Crippen LogP) is 2.68. The lowest BCUT2D eigenvalue weighted by Gasteiger charge is -2.12. The van der Waals surface area contributed by atoms with E-state index < -0.39 is 10.0 Å². The molecule has 0 atom stereocenters. The highest BCUT2D eigenvalue weighted by Crippen LogP contribution is 2.27. The molecule has 1 heterocycles. The van der Waals surface area contributed by atoms with E-state index >= 15 is 0 Å². The first-order valence-corrected chi connectivity index (χ1v) is 11.3. The molecule has 0 spiro atoms. The van der Waals surface area contributed by atoms with Crippen LogP contribution in [0.25, 0.3) is 0 Å². The monoisotopic (exact) mass is 449 g/mol. The number of sulfonamides is 1. The summed E-state index contributed by atoms with van der Waals surface area (Å²) in [5, 5.41) is 5.74. The molecule has 1 aromatic carbocycles. The highest BCUT2D eigenvalue weighted by molar-refractivity contribution is 7.92. The van der Waals surface area contributed by atoms with Crippen LogP contribution in [0.5, 0.6) is 5.88 Å². The average molecular weight is 450 g/mol. The fourth-order valence-corrected chi connectivity index (χ4v) is 4.47. The summed E-state index contributed by atoms with van der Waals surface area (Å²) in [4.78, 5) is 19.8. The van der Waals surface area contributed by atoms with Gasteiger partial charge in [0.25, 0.3) is 10.0 Å². The molecule has 3 N–H and O–H groups in total. The maximum atomic E-state index is 12.5. The first kappa shape index (κ1) is 21.9. The molecule has 3 rings (SSSR count). The lowest BCUT2D eigenvalue weighted by Crippen LogP contribution is -2.34. The number of benzene rings is 1. The summed E-state index contributed by atoms with van der Waals surface area (Å²) in [7, 11) is -2.42. The van der Waals surface area contributed by atoms with Crippen molar-refractivity contribution in [3.63, 3.8) is 0 Å². The van der Waals surface area contributed by atoms with E-state index in [1.54, 1.807) is 12.1 Å². The van der Waals surface area contributed by atoms with Gasteiger partial charge in [-0.15, -0.1) is 0 Å². The maximum absolute atomic E-state index is 12.5. The summed E-state index contributed by atoms with van der Waals surface area (Å²) < 4.78 is 32.4. The van der Waals surface area contributed by atoms with Crippen molar-refractivity contribution in [2.75, 3.05) is 17.1 Å². The Kier molecular flexibility index (Phi) is 7.16. The molecule has 160 valence electrons. The number of carbonyl (C=O) groups excluding carboxylic acids is 1. The van der Waals surface area contributed by atoms with Gasteiger partial charge in [-0.25, -0.2) is 18.4 Å². The summed E-state index contributed by atoms with van der Waals surface area (Å²) in [5.74, 6) is 0.656. The SMILES string of the molecule is COc1cc(NS(=O)(=O)c2ccc(NC(=S)NC(=O)CC3CCCC3)cc2)ncn1. The summed E-state index contributed by atoms with van der Waals surface area (Å²) in [6.07, 6.45) is 6.19. The Bertz CT molecular complexity index is 1010. The predicted molar refractivity (Wildman–Crippen MR) is 117 cm³/mol. The van der Waals surface area contributed by atoms with E-state index in [2.05, 4.69) is 25.3 Å². The third-order valence-corrected chi connectivity index (χ3v) is 6.29. The van der Waals surface area contributed by atoms with Gasteiger partial charge in [0.15, 0.2) is 5.11 Å². The second-order valence-electron chi connectivity index (χ2n) is 6.93. The van der Waals surface area contributed by atoms with Crippen LogP contribution in [0, 0.1) is 5.92 Å². The van der Waals surface area contributed by atoms with E-state index in [9.17, 15) is 13.2 Å². The molecule has 1 aliphatic rings. The summed E-state index contributed by atoms with van der Waals surface area (Å²) >= 11 is 5.17. The minimum absolute atomic E-state index is 0.0433. The molecule has 1 saturated carbocycles. The van der Waals surface area contributed by atoms with Crippen molar-refractivity contribution in [3.8, 4) is 5.88 Å². The van der Waals surface area contributed by atoms with Gasteiger partial charge in [0, 0.05) is 18.2 Å². The van der Waals surface area contributed by atoms with Crippen LogP contribution < -0.4 is 20.1 Å². The summed E-state index contributed by atoms with van der Waals surface area (Å²) in [5.41, 5.74) is 0.559. The van der Waals surface area contributed by atoms with E-state index in [1.807, 2.05) is 0 Å². The van der Waals surface area contributed by atoms with E-state index in [1.165, 1.54) is 44.5 Å². The molecule has 0 saturated heterocycles. The molecule has 1 amide bonds. The molecule has 1 aromatic heterocycles. The van der Waals surface area contributed by atoms with E-state index in [4.69, 9.17) is 17.0 Å². The van der Waals surface area contributed by atoms with Gasteiger partial charge < -0.3 is 15.4 Å². The van der Waals surface area contributed by atoms with Crippen molar-refractivity contribution in [2.24, 2.45) is 5.92 Å². The number of carbonyl (C=O) groups is 1. The number of hydrogen-bond donors (Lipinski definition) is 3. The minimum atomic E-state index is -3.84. The molecule has 0 aliphatic heterocycles. The number of aromatic nitrogens is 2. The van der Waals surface area contributed by atoms with E-state index in [0.29, 0.717) is 18.0 Å². The molecule has 2 aromatic rings. The van der Waals surface area contributed by atoms with Crippen molar-refractivity contribution >= 4 is 44.8 Å².